The van der Waals surface area contributed by atoms with Gasteiger partial charge in [-0.1, -0.05) is 0 Å². The Labute approximate surface area is 109 Å². The molecule has 5 heteroatoms. The maximum absolute atomic E-state index is 5.78. The number of rotatable bonds is 3. The van der Waals surface area contributed by atoms with Crippen LogP contribution in [0, 0.1) is 0 Å². The molecule has 0 aromatic heterocycles. The van der Waals surface area contributed by atoms with Gasteiger partial charge in [-0.05, 0) is 33.6 Å². The Hall–Kier alpha value is -0.650. The molecule has 104 valence electrons. The third-order valence-corrected chi connectivity index (χ3v) is 3.46. The van der Waals surface area contributed by atoms with Crippen LogP contribution in [-0.2, 0) is 14.2 Å². The molecule has 0 aromatic carbocycles. The van der Waals surface area contributed by atoms with Gasteiger partial charge in [0.05, 0.1) is 25.0 Å². The molecular weight excluding hydrogens is 232 g/mol. The summed E-state index contributed by atoms with van der Waals surface area (Å²) >= 11 is 0. The molecule has 0 amide bonds. The molecule has 0 spiro atoms. The topological polar surface area (TPSA) is 43.3 Å². The monoisotopic (exact) mass is 256 g/mol. The molecule has 0 bridgehead atoms. The van der Waals surface area contributed by atoms with E-state index in [0.717, 1.165) is 25.3 Å². The molecular formula is C13H24N2O3. The number of hydrogen-bond donors (Lipinski definition) is 0. The van der Waals surface area contributed by atoms with Crippen LogP contribution in [0.15, 0.2) is 5.10 Å². The second-order valence-electron chi connectivity index (χ2n) is 5.45. The van der Waals surface area contributed by atoms with Crippen LogP contribution in [0.2, 0.25) is 0 Å². The van der Waals surface area contributed by atoms with Crippen LogP contribution in [0.1, 0.15) is 33.6 Å². The Balaban J connectivity index is 2.00. The lowest BCUT2D eigenvalue weighted by atomic mass is 10.2. The molecule has 0 radical (unpaired) electrons. The van der Waals surface area contributed by atoms with Gasteiger partial charge in [0.2, 0.25) is 0 Å². The van der Waals surface area contributed by atoms with Crippen molar-refractivity contribution in [1.82, 2.24) is 5.01 Å². The minimum atomic E-state index is -0.505. The minimum Gasteiger partial charge on any atom is -0.382 e. The lowest BCUT2D eigenvalue weighted by molar-refractivity contribution is -0.231. The van der Waals surface area contributed by atoms with E-state index in [1.54, 1.807) is 7.11 Å². The zero-order valence-corrected chi connectivity index (χ0v) is 11.8. The van der Waals surface area contributed by atoms with E-state index >= 15 is 0 Å². The summed E-state index contributed by atoms with van der Waals surface area (Å²) in [5, 5.41) is 6.83. The van der Waals surface area contributed by atoms with Gasteiger partial charge in [-0.3, -0.25) is 5.01 Å². The van der Waals surface area contributed by atoms with Crippen LogP contribution in [-0.4, -0.2) is 55.5 Å². The lowest BCUT2D eigenvalue weighted by Crippen LogP contribution is -2.46. The molecule has 2 fully saturated rings. The average Bonchev–Trinajstić information content (AvgIpc) is 2.70. The average molecular weight is 256 g/mol. The molecule has 18 heavy (non-hydrogen) atoms. The Morgan fingerprint density at radius 3 is 2.94 bits per heavy atom. The van der Waals surface area contributed by atoms with E-state index in [1.165, 1.54) is 6.42 Å². The largest absolute Gasteiger partial charge is 0.382 e. The maximum Gasteiger partial charge on any atom is 0.164 e. The summed E-state index contributed by atoms with van der Waals surface area (Å²) < 4.78 is 16.7. The molecule has 0 unspecified atom stereocenters. The third kappa shape index (κ3) is 3.22. The molecule has 2 rings (SSSR count). The van der Waals surface area contributed by atoms with Crippen LogP contribution in [0.3, 0.4) is 0 Å². The third-order valence-electron chi connectivity index (χ3n) is 3.46. The predicted molar refractivity (Wildman–Crippen MR) is 69.6 cm³/mol. The van der Waals surface area contributed by atoms with E-state index in [2.05, 4.69) is 5.01 Å². The van der Waals surface area contributed by atoms with Gasteiger partial charge in [0.25, 0.3) is 0 Å². The second kappa shape index (κ2) is 5.55. The van der Waals surface area contributed by atoms with Crippen molar-refractivity contribution in [2.45, 2.75) is 51.5 Å². The van der Waals surface area contributed by atoms with Crippen LogP contribution in [0.25, 0.3) is 0 Å². The fourth-order valence-electron chi connectivity index (χ4n) is 2.48. The van der Waals surface area contributed by atoms with Crippen LogP contribution in [0.5, 0.6) is 0 Å². The molecule has 2 saturated heterocycles. The smallest absolute Gasteiger partial charge is 0.164 e. The summed E-state index contributed by atoms with van der Waals surface area (Å²) in [6.07, 6.45) is 2.33. The highest BCUT2D eigenvalue weighted by Crippen LogP contribution is 2.23. The van der Waals surface area contributed by atoms with Gasteiger partial charge in [-0.15, -0.1) is 0 Å². The second-order valence-corrected chi connectivity index (χ2v) is 5.45. The maximum atomic E-state index is 5.78. The quantitative estimate of drug-likeness (QED) is 0.769. The van der Waals surface area contributed by atoms with Gasteiger partial charge in [-0.2, -0.15) is 5.10 Å². The molecule has 5 nitrogen and oxygen atoms in total. The van der Waals surface area contributed by atoms with Crippen molar-refractivity contribution in [1.29, 1.82) is 0 Å². The van der Waals surface area contributed by atoms with E-state index in [1.807, 2.05) is 20.8 Å². The van der Waals surface area contributed by atoms with Crippen molar-refractivity contribution in [3.8, 4) is 0 Å². The Morgan fingerprint density at radius 1 is 1.50 bits per heavy atom. The van der Waals surface area contributed by atoms with Crippen molar-refractivity contribution in [3.05, 3.63) is 0 Å². The van der Waals surface area contributed by atoms with Crippen molar-refractivity contribution >= 4 is 5.71 Å². The van der Waals surface area contributed by atoms with Crippen LogP contribution < -0.4 is 0 Å². The van der Waals surface area contributed by atoms with Crippen LogP contribution in [0.4, 0.5) is 0 Å². The van der Waals surface area contributed by atoms with E-state index < -0.39 is 5.79 Å². The lowest BCUT2D eigenvalue weighted by Gasteiger charge is -2.36. The van der Waals surface area contributed by atoms with Gasteiger partial charge >= 0.3 is 0 Å². The first-order valence-electron chi connectivity index (χ1n) is 6.66. The highest BCUT2D eigenvalue weighted by molar-refractivity contribution is 5.89. The number of nitrogens with zero attached hydrogens (tertiary/aromatic N) is 2. The number of hydrogen-bond acceptors (Lipinski definition) is 5. The van der Waals surface area contributed by atoms with E-state index in [4.69, 9.17) is 19.3 Å². The number of ether oxygens (including phenoxy) is 3. The van der Waals surface area contributed by atoms with Gasteiger partial charge in [0.15, 0.2) is 5.79 Å². The molecule has 2 aliphatic heterocycles. The molecule has 0 saturated carbocycles. The molecule has 2 atom stereocenters. The fourth-order valence-corrected chi connectivity index (χ4v) is 2.48. The summed E-state index contributed by atoms with van der Waals surface area (Å²) in [6.45, 7) is 8.18. The van der Waals surface area contributed by atoms with Crippen molar-refractivity contribution in [3.63, 3.8) is 0 Å². The first-order valence-corrected chi connectivity index (χ1v) is 6.66. The predicted octanol–water partition coefficient (Wildman–Crippen LogP) is 1.62. The van der Waals surface area contributed by atoms with Crippen molar-refractivity contribution in [2.75, 3.05) is 26.9 Å². The summed E-state index contributed by atoms with van der Waals surface area (Å²) in [6, 6.07) is 0.393. The van der Waals surface area contributed by atoms with Gasteiger partial charge < -0.3 is 14.2 Å². The molecule has 2 heterocycles. The highest BCUT2D eigenvalue weighted by atomic mass is 16.7. The minimum absolute atomic E-state index is 0.0116. The molecule has 0 N–H and O–H groups in total. The van der Waals surface area contributed by atoms with Gasteiger partial charge in [-0.25, -0.2) is 0 Å². The Kier molecular flexibility index (Phi) is 4.25. The van der Waals surface area contributed by atoms with Crippen molar-refractivity contribution in [2.24, 2.45) is 5.10 Å². The first kappa shape index (κ1) is 13.8. The van der Waals surface area contributed by atoms with E-state index in [0.29, 0.717) is 12.6 Å². The Morgan fingerprint density at radius 2 is 2.28 bits per heavy atom. The van der Waals surface area contributed by atoms with Gasteiger partial charge in [0, 0.05) is 13.7 Å². The van der Waals surface area contributed by atoms with E-state index in [9.17, 15) is 0 Å². The number of hydrazone groups is 1. The molecule has 2 aliphatic rings. The van der Waals surface area contributed by atoms with Crippen LogP contribution >= 0.6 is 0 Å². The fraction of sp³-hybridized carbons (Fsp3) is 0.923. The standard InChI is InChI=1S/C13H24N2O3/c1-10-12(9-17-13(2,3)18-10)14-15-7-5-6-11(15)8-16-4/h10-11H,5-9H2,1-4H3/b14-12+/t10-,11-/m0/s1. The first-order chi connectivity index (χ1) is 8.52. The Bertz CT molecular complexity index is 317. The molecule has 0 aromatic rings. The van der Waals surface area contributed by atoms with Gasteiger partial charge in [0.1, 0.15) is 6.10 Å². The zero-order valence-electron chi connectivity index (χ0n) is 11.8. The summed E-state index contributed by atoms with van der Waals surface area (Å²) in [4.78, 5) is 0. The summed E-state index contributed by atoms with van der Waals surface area (Å²) in [5.41, 5.74) is 0.970. The summed E-state index contributed by atoms with van der Waals surface area (Å²) in [5.74, 6) is -0.505. The molecule has 0 aliphatic carbocycles. The normalized spacial score (nSPS) is 34.2. The SMILES string of the molecule is COC[C@@H]1CCCN1/N=C1\COC(C)(C)O[C@H]1C. The number of methoxy groups -OCH3 is 1. The van der Waals surface area contributed by atoms with E-state index in [-0.39, 0.29) is 6.10 Å². The zero-order chi connectivity index (χ0) is 13.2. The summed E-state index contributed by atoms with van der Waals surface area (Å²) in [7, 11) is 1.74. The highest BCUT2D eigenvalue weighted by Gasteiger charge is 2.32. The van der Waals surface area contributed by atoms with Crippen molar-refractivity contribution < 1.29 is 14.2 Å².